The molecule has 0 radical (unpaired) electrons. The van der Waals surface area contributed by atoms with Crippen molar-refractivity contribution < 1.29 is 9.18 Å². The van der Waals surface area contributed by atoms with Crippen LogP contribution in [-0.4, -0.2) is 29.0 Å². The fourth-order valence-electron chi connectivity index (χ4n) is 4.48. The Morgan fingerprint density at radius 3 is 2.58 bits per heavy atom. The molecule has 0 unspecified atom stereocenters. The van der Waals surface area contributed by atoms with Gasteiger partial charge in [0.2, 0.25) is 5.91 Å². The third-order valence-corrected chi connectivity index (χ3v) is 7.55. The summed E-state index contributed by atoms with van der Waals surface area (Å²) in [6, 6.07) is 6.27. The molecule has 2 aromatic heterocycles. The Morgan fingerprint density at radius 1 is 1.16 bits per heavy atom. The first kappa shape index (κ1) is 20.4. The zero-order chi connectivity index (χ0) is 21.4. The monoisotopic (exact) mass is 438 g/mol. The van der Waals surface area contributed by atoms with Gasteiger partial charge in [0.1, 0.15) is 17.5 Å². The van der Waals surface area contributed by atoms with Gasteiger partial charge in [0.05, 0.1) is 10.9 Å². The van der Waals surface area contributed by atoms with E-state index < -0.39 is 0 Å². The Balaban J connectivity index is 1.26. The third-order valence-electron chi connectivity index (χ3n) is 6.65. The number of nitrogens with one attached hydrogen (secondary N) is 1. The first-order valence-electron chi connectivity index (χ1n) is 11.1. The maximum absolute atomic E-state index is 13.0. The van der Waals surface area contributed by atoms with E-state index in [2.05, 4.69) is 22.5 Å². The van der Waals surface area contributed by atoms with Gasteiger partial charge in [-0.25, -0.2) is 14.4 Å². The minimum absolute atomic E-state index is 0.00343. The van der Waals surface area contributed by atoms with E-state index >= 15 is 0 Å². The molecule has 1 aromatic carbocycles. The highest BCUT2D eigenvalue weighted by atomic mass is 32.1. The summed E-state index contributed by atoms with van der Waals surface area (Å²) in [7, 11) is 0. The van der Waals surface area contributed by atoms with Crippen LogP contribution in [0.4, 0.5) is 10.2 Å². The van der Waals surface area contributed by atoms with Crippen molar-refractivity contribution in [2.24, 2.45) is 5.92 Å². The molecule has 0 bridgehead atoms. The maximum Gasteiger partial charge on any atom is 0.223 e. The number of halogens is 1. The average Bonchev–Trinajstić information content (AvgIpc) is 3.12. The van der Waals surface area contributed by atoms with Gasteiger partial charge in [-0.2, -0.15) is 0 Å². The normalized spacial score (nSPS) is 17.7. The summed E-state index contributed by atoms with van der Waals surface area (Å²) in [6.07, 6.45) is 5.25. The van der Waals surface area contributed by atoms with Gasteiger partial charge in [0.25, 0.3) is 0 Å². The van der Waals surface area contributed by atoms with Crippen molar-refractivity contribution in [3.05, 3.63) is 51.7 Å². The number of anilines is 1. The highest BCUT2D eigenvalue weighted by Gasteiger charge is 2.29. The van der Waals surface area contributed by atoms with E-state index in [1.165, 1.54) is 41.7 Å². The number of aryl methyl sites for hydroxylation is 1. The number of amides is 1. The van der Waals surface area contributed by atoms with Gasteiger partial charge in [0, 0.05) is 41.7 Å². The molecule has 1 saturated heterocycles. The molecule has 1 saturated carbocycles. The van der Waals surface area contributed by atoms with Crippen LogP contribution in [0.5, 0.6) is 0 Å². The van der Waals surface area contributed by atoms with Gasteiger partial charge in [-0.05, 0) is 50.3 Å². The number of nitrogens with zero attached hydrogens (tertiary/aromatic N) is 3. The Bertz CT molecular complexity index is 1080. The molecule has 1 aliphatic carbocycles. The van der Waals surface area contributed by atoms with Crippen LogP contribution >= 0.6 is 11.3 Å². The van der Waals surface area contributed by atoms with E-state index in [-0.39, 0.29) is 17.6 Å². The lowest BCUT2D eigenvalue weighted by Crippen LogP contribution is -2.41. The van der Waals surface area contributed by atoms with Gasteiger partial charge < -0.3 is 10.2 Å². The van der Waals surface area contributed by atoms with Crippen molar-refractivity contribution in [3.63, 3.8) is 0 Å². The summed E-state index contributed by atoms with van der Waals surface area (Å²) in [5.41, 5.74) is 1.97. The zero-order valence-electron chi connectivity index (χ0n) is 17.7. The van der Waals surface area contributed by atoms with Crippen molar-refractivity contribution in [1.29, 1.82) is 0 Å². The van der Waals surface area contributed by atoms with Crippen LogP contribution in [0.1, 0.15) is 54.3 Å². The predicted octanol–water partition coefficient (Wildman–Crippen LogP) is 4.94. The van der Waals surface area contributed by atoms with Crippen LogP contribution in [-0.2, 0) is 11.3 Å². The molecule has 1 amide bonds. The standard InChI is InChI=1S/C24H27FN4OS/c1-15-21-20(14-31-15)27-22(17-3-2-4-17)28-23(21)29-11-9-18(10-12-29)24(30)26-13-16-5-7-19(25)8-6-16/h5-8,14,17-18H,2-4,9-13H2,1H3,(H,26,30). The zero-order valence-corrected chi connectivity index (χ0v) is 18.6. The maximum atomic E-state index is 13.0. The van der Waals surface area contributed by atoms with Gasteiger partial charge in [-0.3, -0.25) is 4.79 Å². The van der Waals surface area contributed by atoms with Crippen molar-refractivity contribution in [2.75, 3.05) is 18.0 Å². The second kappa shape index (κ2) is 8.54. The summed E-state index contributed by atoms with van der Waals surface area (Å²) >= 11 is 1.74. The molecule has 1 aliphatic heterocycles. The van der Waals surface area contributed by atoms with E-state index in [9.17, 15) is 9.18 Å². The van der Waals surface area contributed by atoms with Crippen LogP contribution in [0.25, 0.3) is 10.9 Å². The van der Waals surface area contributed by atoms with Crippen LogP contribution in [0.2, 0.25) is 0 Å². The van der Waals surface area contributed by atoms with Gasteiger partial charge in [-0.1, -0.05) is 18.6 Å². The quantitative estimate of drug-likeness (QED) is 0.613. The lowest BCUT2D eigenvalue weighted by Gasteiger charge is -2.33. The molecule has 162 valence electrons. The number of piperidine rings is 1. The van der Waals surface area contributed by atoms with Crippen LogP contribution in [0.3, 0.4) is 0 Å². The molecular weight excluding hydrogens is 411 g/mol. The highest BCUT2D eigenvalue weighted by Crippen LogP contribution is 2.39. The molecule has 2 aliphatic rings. The Morgan fingerprint density at radius 2 is 1.90 bits per heavy atom. The molecule has 5 nitrogen and oxygen atoms in total. The molecule has 31 heavy (non-hydrogen) atoms. The molecule has 3 heterocycles. The highest BCUT2D eigenvalue weighted by molar-refractivity contribution is 7.11. The summed E-state index contributed by atoms with van der Waals surface area (Å²) < 4.78 is 13.0. The molecular formula is C24H27FN4OS. The van der Waals surface area contributed by atoms with Crippen LogP contribution in [0.15, 0.2) is 29.6 Å². The third kappa shape index (κ3) is 4.15. The van der Waals surface area contributed by atoms with E-state index in [0.29, 0.717) is 12.5 Å². The summed E-state index contributed by atoms with van der Waals surface area (Å²) in [5.74, 6) is 2.37. The predicted molar refractivity (Wildman–Crippen MR) is 122 cm³/mol. The van der Waals surface area contributed by atoms with Crippen LogP contribution in [0, 0.1) is 18.7 Å². The first-order chi connectivity index (χ1) is 15.1. The minimum Gasteiger partial charge on any atom is -0.356 e. The van der Waals surface area contributed by atoms with E-state index in [1.54, 1.807) is 23.5 Å². The Hall–Kier alpha value is -2.54. The topological polar surface area (TPSA) is 58.1 Å². The summed E-state index contributed by atoms with van der Waals surface area (Å²) in [4.78, 5) is 26.1. The van der Waals surface area contributed by atoms with Crippen molar-refractivity contribution in [3.8, 4) is 0 Å². The number of carbonyl (C=O) groups excluding carboxylic acids is 1. The second-order valence-corrected chi connectivity index (χ2v) is 9.77. The summed E-state index contributed by atoms with van der Waals surface area (Å²) in [6.45, 7) is 4.21. The number of carbonyl (C=O) groups is 1. The summed E-state index contributed by atoms with van der Waals surface area (Å²) in [5, 5.41) is 6.33. The van der Waals surface area contributed by atoms with E-state index in [4.69, 9.17) is 9.97 Å². The Labute approximate surface area is 185 Å². The number of fused-ring (bicyclic) bond motifs is 1. The first-order valence-corrected chi connectivity index (χ1v) is 12.0. The number of rotatable bonds is 5. The molecule has 7 heteroatoms. The lowest BCUT2D eigenvalue weighted by atomic mass is 9.85. The molecule has 3 aromatic rings. The largest absolute Gasteiger partial charge is 0.356 e. The van der Waals surface area contributed by atoms with Gasteiger partial charge in [0.15, 0.2) is 0 Å². The van der Waals surface area contributed by atoms with Gasteiger partial charge in [-0.15, -0.1) is 11.3 Å². The fraction of sp³-hybridized carbons (Fsp3) is 0.458. The SMILES string of the molecule is Cc1scc2nc(C3CCC3)nc(N3CCC(C(=O)NCc4ccc(F)cc4)CC3)c12. The molecule has 0 spiro atoms. The van der Waals surface area contributed by atoms with Crippen molar-refractivity contribution in [2.45, 2.75) is 51.5 Å². The number of hydrogen-bond acceptors (Lipinski definition) is 5. The average molecular weight is 439 g/mol. The number of aromatic nitrogens is 2. The lowest BCUT2D eigenvalue weighted by molar-refractivity contribution is -0.125. The van der Waals surface area contributed by atoms with E-state index in [1.807, 2.05) is 0 Å². The molecule has 5 rings (SSSR count). The van der Waals surface area contributed by atoms with Crippen LogP contribution < -0.4 is 10.2 Å². The Kier molecular flexibility index (Phi) is 5.61. The number of thiophene rings is 1. The number of hydrogen-bond donors (Lipinski definition) is 1. The minimum atomic E-state index is -0.261. The fourth-order valence-corrected chi connectivity index (χ4v) is 5.25. The van der Waals surface area contributed by atoms with Gasteiger partial charge >= 0.3 is 0 Å². The smallest absolute Gasteiger partial charge is 0.223 e. The second-order valence-electron chi connectivity index (χ2n) is 8.69. The molecule has 0 atom stereocenters. The van der Waals surface area contributed by atoms with Crippen molar-refractivity contribution in [1.82, 2.24) is 15.3 Å². The number of benzene rings is 1. The molecule has 1 N–H and O–H groups in total. The van der Waals surface area contributed by atoms with E-state index in [0.717, 1.165) is 48.7 Å². The van der Waals surface area contributed by atoms with Crippen molar-refractivity contribution >= 4 is 34.0 Å². The molecule has 2 fully saturated rings.